The summed E-state index contributed by atoms with van der Waals surface area (Å²) in [4.78, 5) is 24.2. The maximum Gasteiger partial charge on any atom is 0.344 e. The molecular weight excluding hydrogens is 380 g/mol. The van der Waals surface area contributed by atoms with Crippen LogP contribution in [0.15, 0.2) is 57.9 Å². The van der Waals surface area contributed by atoms with Crippen molar-refractivity contribution in [2.45, 2.75) is 0 Å². The predicted molar refractivity (Wildman–Crippen MR) is 104 cm³/mol. The summed E-state index contributed by atoms with van der Waals surface area (Å²) in [6.45, 7) is 0.203. The normalized spacial score (nSPS) is 10.6. The van der Waals surface area contributed by atoms with Gasteiger partial charge in [0.1, 0.15) is 35.7 Å². The van der Waals surface area contributed by atoms with Crippen LogP contribution < -0.4 is 19.6 Å². The fourth-order valence-corrected chi connectivity index (χ4v) is 2.44. The number of fused-ring (bicyclic) bond motifs is 1. The van der Waals surface area contributed by atoms with Crippen molar-refractivity contribution in [2.75, 3.05) is 34.0 Å². The fourth-order valence-electron chi connectivity index (χ4n) is 2.44. The predicted octanol–water partition coefficient (Wildman–Crippen LogP) is 3.16. The van der Waals surface area contributed by atoms with E-state index in [4.69, 9.17) is 28.1 Å². The molecule has 8 nitrogen and oxygen atoms in total. The lowest BCUT2D eigenvalue weighted by atomic mass is 10.2. The van der Waals surface area contributed by atoms with Crippen LogP contribution in [0, 0.1) is 0 Å². The molecule has 8 heteroatoms. The van der Waals surface area contributed by atoms with E-state index in [2.05, 4.69) is 0 Å². The van der Waals surface area contributed by atoms with Gasteiger partial charge in [0.15, 0.2) is 6.61 Å². The largest absolute Gasteiger partial charge is 0.497 e. The first-order chi connectivity index (χ1) is 14.1. The van der Waals surface area contributed by atoms with Crippen molar-refractivity contribution in [1.82, 2.24) is 0 Å². The van der Waals surface area contributed by atoms with Crippen LogP contribution in [0.4, 0.5) is 0 Å². The van der Waals surface area contributed by atoms with E-state index in [9.17, 15) is 9.59 Å². The average Bonchev–Trinajstić information content (AvgIpc) is 2.75. The molecule has 3 rings (SSSR count). The molecule has 0 bridgehead atoms. The highest BCUT2D eigenvalue weighted by Crippen LogP contribution is 2.25. The van der Waals surface area contributed by atoms with Gasteiger partial charge in [0.25, 0.3) is 0 Å². The number of hydrogen-bond acceptors (Lipinski definition) is 8. The molecule has 0 saturated carbocycles. The van der Waals surface area contributed by atoms with Crippen molar-refractivity contribution in [2.24, 2.45) is 0 Å². The van der Waals surface area contributed by atoms with Crippen LogP contribution in [0.2, 0.25) is 0 Å². The van der Waals surface area contributed by atoms with E-state index in [1.165, 1.54) is 19.4 Å². The van der Waals surface area contributed by atoms with Gasteiger partial charge in [-0.3, -0.25) is 4.79 Å². The van der Waals surface area contributed by atoms with Gasteiger partial charge in [0, 0.05) is 13.2 Å². The minimum Gasteiger partial charge on any atom is -0.497 e. The Kier molecular flexibility index (Phi) is 6.70. The van der Waals surface area contributed by atoms with Gasteiger partial charge in [-0.15, -0.1) is 0 Å². The molecular formula is C21H20O8. The quantitative estimate of drug-likeness (QED) is 0.399. The third-order valence-corrected chi connectivity index (χ3v) is 3.91. The summed E-state index contributed by atoms with van der Waals surface area (Å²) in [6, 6.07) is 11.5. The van der Waals surface area contributed by atoms with E-state index in [0.717, 1.165) is 0 Å². The van der Waals surface area contributed by atoms with Gasteiger partial charge < -0.3 is 28.1 Å². The van der Waals surface area contributed by atoms with Crippen molar-refractivity contribution < 1.29 is 32.9 Å². The van der Waals surface area contributed by atoms with Crippen molar-refractivity contribution in [3.63, 3.8) is 0 Å². The first kappa shape index (κ1) is 20.2. The Balaban J connectivity index is 1.70. The molecule has 0 N–H and O–H groups in total. The van der Waals surface area contributed by atoms with E-state index < -0.39 is 5.97 Å². The fraction of sp³-hybridized carbons (Fsp3) is 0.238. The lowest BCUT2D eigenvalue weighted by Gasteiger charge is -2.08. The van der Waals surface area contributed by atoms with Crippen LogP contribution in [-0.2, 0) is 14.3 Å². The minimum absolute atomic E-state index is 0.0538. The summed E-state index contributed by atoms with van der Waals surface area (Å²) >= 11 is 0. The van der Waals surface area contributed by atoms with Crippen LogP contribution in [-0.4, -0.2) is 40.0 Å². The zero-order chi connectivity index (χ0) is 20.6. The molecule has 0 spiro atoms. The number of esters is 1. The highest BCUT2D eigenvalue weighted by atomic mass is 16.6. The molecule has 0 fully saturated rings. The second-order valence-corrected chi connectivity index (χ2v) is 5.87. The highest BCUT2D eigenvalue weighted by molar-refractivity contribution is 5.79. The second-order valence-electron chi connectivity index (χ2n) is 5.87. The first-order valence-corrected chi connectivity index (χ1v) is 8.75. The smallest absolute Gasteiger partial charge is 0.344 e. The van der Waals surface area contributed by atoms with Gasteiger partial charge in [-0.2, -0.15) is 0 Å². The van der Waals surface area contributed by atoms with Gasteiger partial charge in [-0.25, -0.2) is 4.79 Å². The van der Waals surface area contributed by atoms with Crippen LogP contribution in [0.3, 0.4) is 0 Å². The van der Waals surface area contributed by atoms with E-state index in [-0.39, 0.29) is 24.4 Å². The molecule has 29 heavy (non-hydrogen) atoms. The van der Waals surface area contributed by atoms with Crippen LogP contribution >= 0.6 is 0 Å². The zero-order valence-electron chi connectivity index (χ0n) is 16.0. The third-order valence-electron chi connectivity index (χ3n) is 3.91. The molecule has 0 atom stereocenters. The molecule has 2 aromatic carbocycles. The monoisotopic (exact) mass is 400 g/mol. The SMILES string of the molecule is COCCOC(=O)COc1ccc2c(=O)c(Oc3ccc(OC)cc3)coc2c1. The molecule has 3 aromatic rings. The van der Waals surface area contributed by atoms with Crippen molar-refractivity contribution in [3.05, 3.63) is 59.0 Å². The molecule has 1 heterocycles. The summed E-state index contributed by atoms with van der Waals surface area (Å²) in [5.41, 5.74) is -0.0186. The lowest BCUT2D eigenvalue weighted by molar-refractivity contribution is -0.147. The number of ether oxygens (including phenoxy) is 5. The molecule has 0 aliphatic carbocycles. The Morgan fingerprint density at radius 3 is 2.41 bits per heavy atom. The molecule has 0 amide bonds. The maximum absolute atomic E-state index is 12.6. The lowest BCUT2D eigenvalue weighted by Crippen LogP contribution is -2.17. The summed E-state index contributed by atoms with van der Waals surface area (Å²) in [7, 11) is 3.08. The number of hydrogen-bond donors (Lipinski definition) is 0. The molecule has 0 unspecified atom stereocenters. The number of benzene rings is 2. The maximum atomic E-state index is 12.6. The van der Waals surface area contributed by atoms with E-state index in [1.54, 1.807) is 43.5 Å². The topological polar surface area (TPSA) is 93.4 Å². The Hall–Kier alpha value is -3.52. The Labute approximate surface area is 166 Å². The second kappa shape index (κ2) is 9.61. The van der Waals surface area contributed by atoms with E-state index >= 15 is 0 Å². The summed E-state index contributed by atoms with van der Waals surface area (Å²) in [5, 5.41) is 0.325. The average molecular weight is 400 g/mol. The summed E-state index contributed by atoms with van der Waals surface area (Å²) in [6.07, 6.45) is 1.23. The molecule has 0 aliphatic rings. The molecule has 0 radical (unpaired) electrons. The third kappa shape index (κ3) is 5.26. The van der Waals surface area contributed by atoms with Crippen molar-refractivity contribution >= 4 is 16.9 Å². The van der Waals surface area contributed by atoms with Gasteiger partial charge in [-0.1, -0.05) is 0 Å². The number of rotatable bonds is 9. The van der Waals surface area contributed by atoms with Gasteiger partial charge >= 0.3 is 5.97 Å². The number of carbonyl (C=O) groups is 1. The van der Waals surface area contributed by atoms with Crippen LogP contribution in [0.25, 0.3) is 11.0 Å². The van der Waals surface area contributed by atoms with E-state index in [1.807, 2.05) is 0 Å². The first-order valence-electron chi connectivity index (χ1n) is 8.75. The Bertz CT molecular complexity index is 1020. The number of methoxy groups -OCH3 is 2. The molecule has 1 aromatic heterocycles. The van der Waals surface area contributed by atoms with Crippen molar-refractivity contribution in [3.8, 4) is 23.0 Å². The molecule has 0 aliphatic heterocycles. The summed E-state index contributed by atoms with van der Waals surface area (Å²) in [5.74, 6) is 1.06. The highest BCUT2D eigenvalue weighted by Gasteiger charge is 2.11. The van der Waals surface area contributed by atoms with Crippen LogP contribution in [0.1, 0.15) is 0 Å². The van der Waals surface area contributed by atoms with Gasteiger partial charge in [0.05, 0.1) is 19.1 Å². The molecule has 0 saturated heterocycles. The summed E-state index contributed by atoms with van der Waals surface area (Å²) < 4.78 is 31.3. The van der Waals surface area contributed by atoms with Crippen LogP contribution in [0.5, 0.6) is 23.0 Å². The van der Waals surface area contributed by atoms with Gasteiger partial charge in [-0.05, 0) is 36.4 Å². The van der Waals surface area contributed by atoms with E-state index in [0.29, 0.717) is 34.8 Å². The Morgan fingerprint density at radius 1 is 0.966 bits per heavy atom. The van der Waals surface area contributed by atoms with Crippen molar-refractivity contribution in [1.29, 1.82) is 0 Å². The Morgan fingerprint density at radius 2 is 1.69 bits per heavy atom. The number of carbonyl (C=O) groups excluding carboxylic acids is 1. The zero-order valence-corrected chi connectivity index (χ0v) is 16.0. The van der Waals surface area contributed by atoms with Gasteiger partial charge in [0.2, 0.25) is 11.2 Å². The molecule has 152 valence electrons. The minimum atomic E-state index is -0.521. The standard InChI is InChI=1S/C21H20O8/c1-24-9-10-26-20(22)13-27-16-7-8-17-18(11-16)28-12-19(21(17)23)29-15-5-3-14(25-2)4-6-15/h3-8,11-12H,9-10,13H2,1-2H3.